The van der Waals surface area contributed by atoms with Crippen molar-refractivity contribution in [3.8, 4) is 23.0 Å². The molecule has 0 bridgehead atoms. The van der Waals surface area contributed by atoms with Crippen LogP contribution < -0.4 is 19.5 Å². The number of phenols is 1. The smallest absolute Gasteiger partial charge is 0.336 e. The number of phenolic OH excluding ortho intramolecular Hbond substituents is 1. The van der Waals surface area contributed by atoms with E-state index in [0.717, 1.165) is 17.0 Å². The van der Waals surface area contributed by atoms with Crippen molar-refractivity contribution in [3.05, 3.63) is 68.5 Å². The van der Waals surface area contributed by atoms with Gasteiger partial charge < -0.3 is 29.4 Å². The predicted molar refractivity (Wildman–Crippen MR) is 163 cm³/mol. The third-order valence-corrected chi connectivity index (χ3v) is 8.74. The largest absolute Gasteiger partial charge is 0.503 e. The van der Waals surface area contributed by atoms with Crippen molar-refractivity contribution < 1.29 is 33.6 Å². The highest BCUT2D eigenvalue weighted by Gasteiger charge is 2.42. The van der Waals surface area contributed by atoms with Crippen LogP contribution in [0.2, 0.25) is 0 Å². The highest BCUT2D eigenvalue weighted by Crippen LogP contribution is 2.48. The maximum Gasteiger partial charge on any atom is 0.336 e. The van der Waals surface area contributed by atoms with E-state index in [4.69, 9.17) is 18.9 Å². The normalized spacial score (nSPS) is 18.5. The molecule has 41 heavy (non-hydrogen) atoms. The number of ketones is 1. The lowest BCUT2D eigenvalue weighted by Gasteiger charge is -2.37. The second-order valence-electron chi connectivity index (χ2n) is 9.75. The number of carbonyl (C=O) groups excluding carboxylic acids is 2. The van der Waals surface area contributed by atoms with Gasteiger partial charge in [-0.3, -0.25) is 4.79 Å². The lowest BCUT2D eigenvalue weighted by Crippen LogP contribution is -2.36. The van der Waals surface area contributed by atoms with Gasteiger partial charge in [-0.1, -0.05) is 13.0 Å². The molecule has 0 radical (unpaired) electrons. The third kappa shape index (κ3) is 6.54. The van der Waals surface area contributed by atoms with Crippen LogP contribution in [0.15, 0.2) is 57.3 Å². The van der Waals surface area contributed by atoms with Gasteiger partial charge in [0.05, 0.1) is 30.9 Å². The summed E-state index contributed by atoms with van der Waals surface area (Å²) in [5, 5.41) is 14.0. The highest BCUT2D eigenvalue weighted by atomic mass is 79.9. The minimum atomic E-state index is -0.687. The van der Waals surface area contributed by atoms with Crippen molar-refractivity contribution in [2.24, 2.45) is 0 Å². The van der Waals surface area contributed by atoms with Crippen molar-refractivity contribution in [2.75, 3.05) is 38.9 Å². The summed E-state index contributed by atoms with van der Waals surface area (Å²) in [6.07, 6.45) is 0.829. The molecule has 2 aliphatic rings. The summed E-state index contributed by atoms with van der Waals surface area (Å²) in [6, 6.07) is 9.15. The van der Waals surface area contributed by atoms with Crippen LogP contribution in [0.4, 0.5) is 0 Å². The van der Waals surface area contributed by atoms with Crippen LogP contribution in [0.1, 0.15) is 56.6 Å². The molecule has 2 aromatic rings. The van der Waals surface area contributed by atoms with Gasteiger partial charge in [0.2, 0.25) is 0 Å². The first-order valence-corrected chi connectivity index (χ1v) is 15.5. The summed E-state index contributed by atoms with van der Waals surface area (Å²) in [6.45, 7) is 6.32. The second kappa shape index (κ2) is 13.7. The molecule has 2 N–H and O–H groups in total. The van der Waals surface area contributed by atoms with Crippen molar-refractivity contribution in [2.45, 2.75) is 45.4 Å². The number of esters is 1. The molecule has 4 rings (SSSR count). The van der Waals surface area contributed by atoms with E-state index >= 15 is 0 Å². The average Bonchev–Trinajstić information content (AvgIpc) is 2.96. The van der Waals surface area contributed by atoms with Crippen LogP contribution in [0.5, 0.6) is 23.0 Å². The zero-order valence-electron chi connectivity index (χ0n) is 24.0. The Morgan fingerprint density at radius 3 is 2.49 bits per heavy atom. The van der Waals surface area contributed by atoms with E-state index in [-0.39, 0.29) is 36.2 Å². The van der Waals surface area contributed by atoms with Crippen LogP contribution in [-0.4, -0.2) is 55.8 Å². The van der Waals surface area contributed by atoms with Gasteiger partial charge in [-0.2, -0.15) is 11.8 Å². The minimum absolute atomic E-state index is 0.0383. The number of aromatic hydroxyl groups is 1. The van der Waals surface area contributed by atoms with Crippen molar-refractivity contribution in [3.63, 3.8) is 0 Å². The monoisotopic (exact) mass is 645 g/mol. The number of allylic oxidation sites excluding steroid dienone is 3. The maximum absolute atomic E-state index is 14.0. The number of methoxy groups -OCH3 is 2. The van der Waals surface area contributed by atoms with Gasteiger partial charge in [-0.15, -0.1) is 0 Å². The molecule has 2 aromatic carbocycles. The van der Waals surface area contributed by atoms with Crippen LogP contribution in [0.25, 0.3) is 0 Å². The van der Waals surface area contributed by atoms with E-state index in [0.29, 0.717) is 57.2 Å². The van der Waals surface area contributed by atoms with E-state index < -0.39 is 11.9 Å². The molecule has 0 unspecified atom stereocenters. The lowest BCUT2D eigenvalue weighted by atomic mass is 9.71. The Labute approximate surface area is 253 Å². The first-order valence-electron chi connectivity index (χ1n) is 13.6. The number of carbonyl (C=O) groups is 2. The van der Waals surface area contributed by atoms with E-state index in [2.05, 4.69) is 28.2 Å². The van der Waals surface area contributed by atoms with Gasteiger partial charge >= 0.3 is 5.97 Å². The maximum atomic E-state index is 14.0. The van der Waals surface area contributed by atoms with Gasteiger partial charge in [-0.05, 0) is 83.3 Å². The Kier molecular flexibility index (Phi) is 10.3. The fraction of sp³-hybridized carbons (Fsp3) is 0.419. The Balaban J connectivity index is 1.78. The van der Waals surface area contributed by atoms with Gasteiger partial charge in [0.1, 0.15) is 6.61 Å². The average molecular weight is 647 g/mol. The third-order valence-electron chi connectivity index (χ3n) is 7.28. The number of thioether (sulfide) groups is 1. The first kappa shape index (κ1) is 30.8. The summed E-state index contributed by atoms with van der Waals surface area (Å²) in [7, 11) is 3.17. The van der Waals surface area contributed by atoms with Gasteiger partial charge in [0.15, 0.2) is 28.8 Å². The van der Waals surface area contributed by atoms with Crippen molar-refractivity contribution in [1.29, 1.82) is 0 Å². The Bertz CT molecular complexity index is 1390. The summed E-state index contributed by atoms with van der Waals surface area (Å²) >= 11 is 5.12. The minimum Gasteiger partial charge on any atom is -0.503 e. The predicted octanol–water partition coefficient (Wildman–Crippen LogP) is 6.23. The standard InChI is InChI=1S/C31H36BrNO7S/c1-6-39-26-16-20(12-21(32)30(26)35)28-27(31(36)40-10-11-41-7-2)17(3)33-22-13-19(14-23(34)29(22)28)18-8-9-24(37-4)25(15-18)38-5/h8-9,12,15-16,19,28,33,35H,6-7,10-11,13-14H2,1-5H3/t19-,28+/m1/s1. The SMILES string of the molecule is CCOc1cc([C@H]2C(C(=O)OCCSCC)=C(C)NC3=C2C(=O)C[C@H](c2ccc(OC)c(OC)c2)C3)cc(Br)c1O. The van der Waals surface area contributed by atoms with Crippen LogP contribution in [0, 0.1) is 0 Å². The number of hydrogen-bond donors (Lipinski definition) is 2. The summed E-state index contributed by atoms with van der Waals surface area (Å²) in [5.41, 5.74) is 3.92. The molecule has 0 saturated carbocycles. The lowest BCUT2D eigenvalue weighted by molar-refractivity contribution is -0.138. The fourth-order valence-corrected chi connectivity index (χ4v) is 6.38. The molecular weight excluding hydrogens is 610 g/mol. The molecule has 0 amide bonds. The molecular formula is C31H36BrNO7S. The number of dihydropyridines is 1. The molecule has 0 aromatic heterocycles. The molecule has 10 heteroatoms. The quantitative estimate of drug-likeness (QED) is 0.217. The Morgan fingerprint density at radius 1 is 1.07 bits per heavy atom. The van der Waals surface area contributed by atoms with Crippen molar-refractivity contribution in [1.82, 2.24) is 5.32 Å². The fourth-order valence-electron chi connectivity index (χ4n) is 5.43. The molecule has 1 aliphatic carbocycles. The van der Waals surface area contributed by atoms with Gasteiger partial charge in [0.25, 0.3) is 0 Å². The van der Waals surface area contributed by atoms with E-state index in [1.54, 1.807) is 38.1 Å². The molecule has 0 fully saturated rings. The van der Waals surface area contributed by atoms with Gasteiger partial charge in [0, 0.05) is 35.1 Å². The van der Waals surface area contributed by atoms with E-state index in [1.165, 1.54) is 0 Å². The second-order valence-corrected chi connectivity index (χ2v) is 12.0. The number of ether oxygens (including phenoxy) is 4. The summed E-state index contributed by atoms with van der Waals surface area (Å²) in [5.74, 6) is 1.76. The molecule has 1 aliphatic heterocycles. The summed E-state index contributed by atoms with van der Waals surface area (Å²) in [4.78, 5) is 27.5. The molecule has 0 saturated heterocycles. The number of hydrogen-bond acceptors (Lipinski definition) is 9. The molecule has 2 atom stereocenters. The Morgan fingerprint density at radius 2 is 1.80 bits per heavy atom. The topological polar surface area (TPSA) is 103 Å². The number of nitrogens with one attached hydrogen (secondary N) is 1. The zero-order valence-corrected chi connectivity index (χ0v) is 26.4. The molecule has 8 nitrogen and oxygen atoms in total. The zero-order chi connectivity index (χ0) is 29.7. The number of Topliss-reactive ketones (excluding diaryl/α,β-unsaturated/α-hetero) is 1. The number of benzene rings is 2. The molecule has 0 spiro atoms. The van der Waals surface area contributed by atoms with E-state index in [9.17, 15) is 14.7 Å². The van der Waals surface area contributed by atoms with Gasteiger partial charge in [-0.25, -0.2) is 4.79 Å². The number of rotatable bonds is 11. The van der Waals surface area contributed by atoms with Crippen LogP contribution >= 0.6 is 27.7 Å². The first-order chi connectivity index (χ1) is 19.7. The summed E-state index contributed by atoms with van der Waals surface area (Å²) < 4.78 is 22.7. The molecule has 1 heterocycles. The van der Waals surface area contributed by atoms with Crippen LogP contribution in [0.3, 0.4) is 0 Å². The Hall–Kier alpha value is -3.11. The highest BCUT2D eigenvalue weighted by molar-refractivity contribution is 9.10. The van der Waals surface area contributed by atoms with E-state index in [1.807, 2.05) is 32.0 Å². The molecule has 220 valence electrons. The van der Waals surface area contributed by atoms with Crippen LogP contribution in [-0.2, 0) is 14.3 Å². The number of halogens is 1. The van der Waals surface area contributed by atoms with Crippen molar-refractivity contribution >= 4 is 39.4 Å².